The Balaban J connectivity index is 2.24. The van der Waals surface area contributed by atoms with Gasteiger partial charge in [0.2, 0.25) is 0 Å². The number of nitrogens with zero attached hydrogens (tertiary/aromatic N) is 2. The highest BCUT2D eigenvalue weighted by Gasteiger charge is 2.08. The topological polar surface area (TPSA) is 88.0 Å². The summed E-state index contributed by atoms with van der Waals surface area (Å²) in [6.07, 6.45) is 5.65. The number of nitriles is 1. The van der Waals surface area contributed by atoms with E-state index in [-0.39, 0.29) is 5.56 Å². The molecule has 0 fully saturated rings. The van der Waals surface area contributed by atoms with E-state index in [1.54, 1.807) is 20.1 Å². The number of H-pyrrole nitrogens is 1. The van der Waals surface area contributed by atoms with E-state index in [1.807, 2.05) is 30.3 Å². The van der Waals surface area contributed by atoms with Gasteiger partial charge in [-0.15, -0.1) is 0 Å². The van der Waals surface area contributed by atoms with Gasteiger partial charge in [-0.1, -0.05) is 25.5 Å². The van der Waals surface area contributed by atoms with Crippen LogP contribution in [0.5, 0.6) is 11.5 Å². The van der Waals surface area contributed by atoms with Gasteiger partial charge in [0.05, 0.1) is 19.4 Å². The maximum atomic E-state index is 11.5. The molecule has 0 radical (unpaired) electrons. The number of rotatable bonds is 7. The number of ether oxygens (including phenoxy) is 2. The van der Waals surface area contributed by atoms with Crippen LogP contribution in [0.25, 0.3) is 12.2 Å². The molecule has 0 aliphatic heterocycles. The first-order valence-electron chi connectivity index (χ1n) is 8.09. The monoisotopic (exact) mass is 339 g/mol. The molecule has 25 heavy (non-hydrogen) atoms. The third kappa shape index (κ3) is 4.48. The highest BCUT2D eigenvalue weighted by atomic mass is 16.5. The molecule has 0 saturated carbocycles. The summed E-state index contributed by atoms with van der Waals surface area (Å²) >= 11 is 0. The van der Waals surface area contributed by atoms with Crippen LogP contribution in [-0.4, -0.2) is 23.9 Å². The van der Waals surface area contributed by atoms with Gasteiger partial charge in [-0.25, -0.2) is 5.10 Å². The van der Waals surface area contributed by atoms with E-state index in [9.17, 15) is 4.79 Å². The zero-order valence-corrected chi connectivity index (χ0v) is 14.6. The normalized spacial score (nSPS) is 10.6. The zero-order chi connectivity index (χ0) is 18.2. The Morgan fingerprint density at radius 1 is 1.32 bits per heavy atom. The third-order valence-electron chi connectivity index (χ3n) is 3.75. The molecule has 0 spiro atoms. The Bertz CT molecular complexity index is 863. The van der Waals surface area contributed by atoms with Crippen LogP contribution in [0.15, 0.2) is 23.0 Å². The lowest BCUT2D eigenvalue weighted by Crippen LogP contribution is -2.15. The first-order chi connectivity index (χ1) is 12.1. The van der Waals surface area contributed by atoms with E-state index in [4.69, 9.17) is 14.7 Å². The molecule has 0 atom stereocenters. The number of hydrogen-bond donors (Lipinski definition) is 1. The van der Waals surface area contributed by atoms with Gasteiger partial charge in [0.15, 0.2) is 11.5 Å². The number of nitrogens with one attached hydrogen (secondary N) is 1. The number of aromatic amines is 1. The lowest BCUT2D eigenvalue weighted by Gasteiger charge is -2.11. The molecule has 2 rings (SSSR count). The second kappa shape index (κ2) is 8.69. The number of unbranched alkanes of at least 4 members (excludes halogenated alkanes) is 1. The van der Waals surface area contributed by atoms with Crippen molar-refractivity contribution < 1.29 is 9.47 Å². The van der Waals surface area contributed by atoms with Crippen molar-refractivity contribution in [2.75, 3.05) is 13.7 Å². The van der Waals surface area contributed by atoms with E-state index in [1.165, 1.54) is 0 Å². The Morgan fingerprint density at radius 2 is 2.12 bits per heavy atom. The van der Waals surface area contributed by atoms with Crippen molar-refractivity contribution in [3.8, 4) is 17.6 Å². The molecule has 2 aromatic rings. The fourth-order valence-electron chi connectivity index (χ4n) is 2.25. The van der Waals surface area contributed by atoms with Crippen LogP contribution in [0.1, 0.15) is 42.1 Å². The summed E-state index contributed by atoms with van der Waals surface area (Å²) in [5, 5.41) is 15.4. The molecule has 0 bridgehead atoms. The summed E-state index contributed by atoms with van der Waals surface area (Å²) in [5.74, 6) is 1.36. The standard InChI is InChI=1S/C19H21N3O3/c1-4-5-10-25-17-9-7-14(11-18(17)24-3)6-8-16-13(2)15(12-20)19(23)22-21-16/h6-9,11H,4-5,10H2,1-3H3,(H,22,23)/b8-6+. The largest absolute Gasteiger partial charge is 0.493 e. The van der Waals surface area contributed by atoms with Crippen molar-refractivity contribution in [3.05, 3.63) is 50.9 Å². The van der Waals surface area contributed by atoms with Crippen molar-refractivity contribution in [3.63, 3.8) is 0 Å². The van der Waals surface area contributed by atoms with Gasteiger partial charge >= 0.3 is 0 Å². The summed E-state index contributed by atoms with van der Waals surface area (Å²) < 4.78 is 11.1. The van der Waals surface area contributed by atoms with Gasteiger partial charge in [-0.05, 0) is 42.7 Å². The molecule has 0 amide bonds. The fourth-order valence-corrected chi connectivity index (χ4v) is 2.25. The highest BCUT2D eigenvalue weighted by molar-refractivity contribution is 5.71. The minimum absolute atomic E-state index is 0.0758. The predicted molar refractivity (Wildman–Crippen MR) is 96.6 cm³/mol. The molecule has 1 aromatic carbocycles. The summed E-state index contributed by atoms with van der Waals surface area (Å²) in [7, 11) is 1.60. The van der Waals surface area contributed by atoms with Gasteiger partial charge in [-0.3, -0.25) is 4.79 Å². The second-order valence-corrected chi connectivity index (χ2v) is 5.50. The van der Waals surface area contributed by atoms with E-state index < -0.39 is 5.56 Å². The van der Waals surface area contributed by atoms with Crippen molar-refractivity contribution in [2.45, 2.75) is 26.7 Å². The third-order valence-corrected chi connectivity index (χ3v) is 3.75. The lowest BCUT2D eigenvalue weighted by atomic mass is 10.1. The molecule has 6 heteroatoms. The number of hydrogen-bond acceptors (Lipinski definition) is 5. The first kappa shape index (κ1) is 18.3. The van der Waals surface area contributed by atoms with E-state index in [2.05, 4.69) is 17.1 Å². The lowest BCUT2D eigenvalue weighted by molar-refractivity contribution is 0.288. The van der Waals surface area contributed by atoms with Crippen molar-refractivity contribution in [1.29, 1.82) is 5.26 Å². The van der Waals surface area contributed by atoms with Crippen LogP contribution in [0, 0.1) is 18.3 Å². The Hall–Kier alpha value is -3.07. The molecule has 130 valence electrons. The molecule has 0 aliphatic carbocycles. The summed E-state index contributed by atoms with van der Waals surface area (Å²) in [4.78, 5) is 11.5. The van der Waals surface area contributed by atoms with E-state index in [0.29, 0.717) is 29.4 Å². The first-order valence-corrected chi connectivity index (χ1v) is 8.09. The Kier molecular flexibility index (Phi) is 6.35. The molecule has 6 nitrogen and oxygen atoms in total. The van der Waals surface area contributed by atoms with Crippen LogP contribution in [-0.2, 0) is 0 Å². The van der Waals surface area contributed by atoms with Crippen molar-refractivity contribution in [1.82, 2.24) is 10.2 Å². The Morgan fingerprint density at radius 3 is 2.80 bits per heavy atom. The molecule has 1 N–H and O–H groups in total. The molecule has 1 heterocycles. The van der Waals surface area contributed by atoms with Crippen LogP contribution in [0.3, 0.4) is 0 Å². The molecule has 0 saturated heterocycles. The van der Waals surface area contributed by atoms with Gasteiger partial charge in [0.25, 0.3) is 5.56 Å². The van der Waals surface area contributed by atoms with Crippen LogP contribution in [0.4, 0.5) is 0 Å². The maximum absolute atomic E-state index is 11.5. The van der Waals surface area contributed by atoms with E-state index in [0.717, 1.165) is 18.4 Å². The van der Waals surface area contributed by atoms with Crippen LogP contribution >= 0.6 is 0 Å². The SMILES string of the molecule is CCCCOc1ccc(/C=C/c2n[nH]c(=O)c(C#N)c2C)cc1OC. The average Bonchev–Trinajstić information content (AvgIpc) is 2.62. The molecule has 0 aliphatic rings. The summed E-state index contributed by atoms with van der Waals surface area (Å²) in [6.45, 7) is 4.46. The fraction of sp³-hybridized carbons (Fsp3) is 0.316. The van der Waals surface area contributed by atoms with Gasteiger partial charge in [0.1, 0.15) is 11.6 Å². The number of methoxy groups -OCH3 is 1. The van der Waals surface area contributed by atoms with Gasteiger partial charge in [-0.2, -0.15) is 10.4 Å². The predicted octanol–water partition coefficient (Wildman–Crippen LogP) is 3.31. The highest BCUT2D eigenvalue weighted by Crippen LogP contribution is 2.29. The summed E-state index contributed by atoms with van der Waals surface area (Å²) in [5.41, 5.74) is 1.58. The molecular formula is C19H21N3O3. The minimum Gasteiger partial charge on any atom is -0.493 e. The quantitative estimate of drug-likeness (QED) is 0.782. The average molecular weight is 339 g/mol. The minimum atomic E-state index is -0.479. The van der Waals surface area contributed by atoms with Gasteiger partial charge < -0.3 is 9.47 Å². The van der Waals surface area contributed by atoms with E-state index >= 15 is 0 Å². The Labute approximate surface area is 146 Å². The van der Waals surface area contributed by atoms with Crippen molar-refractivity contribution >= 4 is 12.2 Å². The van der Waals surface area contributed by atoms with Crippen molar-refractivity contribution in [2.24, 2.45) is 0 Å². The van der Waals surface area contributed by atoms with Crippen LogP contribution < -0.4 is 15.0 Å². The summed E-state index contributed by atoms with van der Waals surface area (Å²) in [6, 6.07) is 7.54. The smallest absolute Gasteiger partial charge is 0.282 e. The number of benzene rings is 1. The second-order valence-electron chi connectivity index (χ2n) is 5.50. The molecule has 0 unspecified atom stereocenters. The maximum Gasteiger partial charge on any atom is 0.282 e. The van der Waals surface area contributed by atoms with Gasteiger partial charge in [0, 0.05) is 0 Å². The van der Waals surface area contributed by atoms with Crippen LogP contribution in [0.2, 0.25) is 0 Å². The zero-order valence-electron chi connectivity index (χ0n) is 14.6. The molecule has 1 aromatic heterocycles. The molecular weight excluding hydrogens is 318 g/mol. The number of aromatic nitrogens is 2.